The van der Waals surface area contributed by atoms with Crippen LogP contribution in [0.3, 0.4) is 0 Å². The zero-order valence-electron chi connectivity index (χ0n) is 10.7. The Balaban J connectivity index is 2.14. The smallest absolute Gasteiger partial charge is 0.228 e. The lowest BCUT2D eigenvalue weighted by Gasteiger charge is -2.41. The van der Waals surface area contributed by atoms with E-state index in [0.29, 0.717) is 24.0 Å². The molecular weight excluding hydrogens is 200 g/mol. The highest BCUT2D eigenvalue weighted by Gasteiger charge is 2.45. The van der Waals surface area contributed by atoms with Crippen LogP contribution in [0.1, 0.15) is 52.9 Å². The highest BCUT2D eigenvalue weighted by atomic mass is 16.2. The van der Waals surface area contributed by atoms with E-state index in [9.17, 15) is 4.79 Å². The molecule has 16 heavy (non-hydrogen) atoms. The van der Waals surface area contributed by atoms with Gasteiger partial charge < -0.3 is 10.6 Å². The molecule has 2 aliphatic heterocycles. The van der Waals surface area contributed by atoms with E-state index in [1.54, 1.807) is 0 Å². The first-order chi connectivity index (χ1) is 7.45. The predicted octanol–water partition coefficient (Wildman–Crippen LogP) is 1.90. The van der Waals surface area contributed by atoms with Crippen molar-refractivity contribution in [2.24, 2.45) is 11.1 Å². The van der Waals surface area contributed by atoms with Gasteiger partial charge in [-0.05, 0) is 32.1 Å². The number of amides is 1. The molecule has 2 atom stereocenters. The summed E-state index contributed by atoms with van der Waals surface area (Å²) < 4.78 is 0. The van der Waals surface area contributed by atoms with Gasteiger partial charge in [0.05, 0.1) is 0 Å². The average molecular weight is 224 g/mol. The Morgan fingerprint density at radius 3 is 2.25 bits per heavy atom. The number of carbonyl (C=O) groups is 1. The van der Waals surface area contributed by atoms with Crippen LogP contribution < -0.4 is 5.73 Å². The van der Waals surface area contributed by atoms with Gasteiger partial charge >= 0.3 is 0 Å². The summed E-state index contributed by atoms with van der Waals surface area (Å²) in [6.45, 7) is 6.21. The fourth-order valence-corrected chi connectivity index (χ4v) is 3.05. The number of nitrogens with zero attached hydrogens (tertiary/aromatic N) is 1. The van der Waals surface area contributed by atoms with Crippen LogP contribution >= 0.6 is 0 Å². The third-order valence-corrected chi connectivity index (χ3v) is 4.47. The van der Waals surface area contributed by atoms with Crippen molar-refractivity contribution in [1.29, 1.82) is 0 Å². The molecule has 2 unspecified atom stereocenters. The number of piperidine rings is 1. The van der Waals surface area contributed by atoms with E-state index >= 15 is 0 Å². The maximum Gasteiger partial charge on any atom is 0.228 e. The van der Waals surface area contributed by atoms with E-state index in [1.807, 2.05) is 0 Å². The summed E-state index contributed by atoms with van der Waals surface area (Å²) >= 11 is 0. The van der Waals surface area contributed by atoms with Gasteiger partial charge in [0, 0.05) is 23.5 Å². The van der Waals surface area contributed by atoms with Crippen molar-refractivity contribution in [3.63, 3.8) is 0 Å². The van der Waals surface area contributed by atoms with Crippen molar-refractivity contribution in [2.45, 2.75) is 71.0 Å². The van der Waals surface area contributed by atoms with E-state index in [0.717, 1.165) is 32.1 Å². The van der Waals surface area contributed by atoms with E-state index in [4.69, 9.17) is 5.73 Å². The lowest BCUT2D eigenvalue weighted by Crippen LogP contribution is -2.53. The maximum absolute atomic E-state index is 12.5. The van der Waals surface area contributed by atoms with Crippen molar-refractivity contribution in [2.75, 3.05) is 0 Å². The lowest BCUT2D eigenvalue weighted by atomic mass is 9.86. The molecule has 0 aromatic heterocycles. The maximum atomic E-state index is 12.5. The number of carbonyl (C=O) groups excluding carboxylic acids is 1. The Kier molecular flexibility index (Phi) is 2.99. The Labute approximate surface area is 98.4 Å². The highest BCUT2D eigenvalue weighted by Crippen LogP contribution is 2.38. The minimum atomic E-state index is -0.206. The van der Waals surface area contributed by atoms with Crippen LogP contribution in [0.2, 0.25) is 0 Å². The number of nitrogens with two attached hydrogens (primary N) is 1. The minimum absolute atomic E-state index is 0.206. The second-order valence-corrected chi connectivity index (χ2v) is 6.07. The summed E-state index contributed by atoms with van der Waals surface area (Å²) in [5.74, 6) is 0.342. The zero-order valence-corrected chi connectivity index (χ0v) is 10.7. The second-order valence-electron chi connectivity index (χ2n) is 6.07. The first-order valence-electron chi connectivity index (χ1n) is 6.54. The van der Waals surface area contributed by atoms with Gasteiger partial charge in [-0.3, -0.25) is 4.79 Å². The van der Waals surface area contributed by atoms with Crippen LogP contribution in [0.5, 0.6) is 0 Å². The molecule has 2 rings (SSSR count). The third-order valence-electron chi connectivity index (χ3n) is 4.47. The van der Waals surface area contributed by atoms with Gasteiger partial charge in [-0.2, -0.15) is 0 Å². The molecule has 92 valence electrons. The molecule has 2 heterocycles. The molecule has 0 aromatic rings. The predicted molar refractivity (Wildman–Crippen MR) is 64.9 cm³/mol. The highest BCUT2D eigenvalue weighted by molar-refractivity contribution is 5.83. The molecule has 2 N–H and O–H groups in total. The molecule has 0 aromatic carbocycles. The van der Waals surface area contributed by atoms with Gasteiger partial charge in [-0.15, -0.1) is 0 Å². The molecule has 2 bridgehead atoms. The fourth-order valence-electron chi connectivity index (χ4n) is 3.05. The fraction of sp³-hybridized carbons (Fsp3) is 0.923. The van der Waals surface area contributed by atoms with E-state index in [-0.39, 0.29) is 5.41 Å². The SMILES string of the molecule is CCC(C)(C)C(=O)N1C2CCC1CC(N)C2. The zero-order chi connectivity index (χ0) is 11.9. The van der Waals surface area contributed by atoms with Crippen molar-refractivity contribution in [3.05, 3.63) is 0 Å². The molecule has 3 nitrogen and oxygen atoms in total. The molecule has 3 heteroatoms. The Hall–Kier alpha value is -0.570. The van der Waals surface area contributed by atoms with Crippen LogP contribution in [0.25, 0.3) is 0 Å². The average Bonchev–Trinajstić information content (AvgIpc) is 2.50. The third kappa shape index (κ3) is 1.86. The number of fused-ring (bicyclic) bond motifs is 2. The number of hydrogen-bond acceptors (Lipinski definition) is 2. The quantitative estimate of drug-likeness (QED) is 0.778. The van der Waals surface area contributed by atoms with Crippen molar-refractivity contribution < 1.29 is 4.79 Å². The van der Waals surface area contributed by atoms with Crippen molar-refractivity contribution >= 4 is 5.91 Å². The summed E-state index contributed by atoms with van der Waals surface area (Å²) in [5, 5.41) is 0. The molecule has 0 aliphatic carbocycles. The molecule has 0 spiro atoms. The van der Waals surface area contributed by atoms with E-state index in [1.165, 1.54) is 0 Å². The van der Waals surface area contributed by atoms with Crippen LogP contribution in [0.4, 0.5) is 0 Å². The molecule has 2 saturated heterocycles. The van der Waals surface area contributed by atoms with Crippen LogP contribution in [0, 0.1) is 5.41 Å². The van der Waals surface area contributed by atoms with Gasteiger partial charge in [0.25, 0.3) is 0 Å². The molecule has 0 saturated carbocycles. The van der Waals surface area contributed by atoms with Crippen molar-refractivity contribution in [3.8, 4) is 0 Å². The van der Waals surface area contributed by atoms with E-state index < -0.39 is 0 Å². The minimum Gasteiger partial charge on any atom is -0.336 e. The normalized spacial score (nSPS) is 34.2. The van der Waals surface area contributed by atoms with E-state index in [2.05, 4.69) is 25.7 Å². The molecule has 1 amide bonds. The van der Waals surface area contributed by atoms with Crippen LogP contribution in [-0.4, -0.2) is 28.9 Å². The summed E-state index contributed by atoms with van der Waals surface area (Å²) in [6.07, 6.45) is 5.23. The Bertz CT molecular complexity index is 274. The summed E-state index contributed by atoms with van der Waals surface area (Å²) in [7, 11) is 0. The summed E-state index contributed by atoms with van der Waals surface area (Å²) in [4.78, 5) is 14.7. The largest absolute Gasteiger partial charge is 0.336 e. The Morgan fingerprint density at radius 2 is 1.81 bits per heavy atom. The second kappa shape index (κ2) is 4.02. The first-order valence-corrected chi connectivity index (χ1v) is 6.54. The Morgan fingerprint density at radius 1 is 1.31 bits per heavy atom. The van der Waals surface area contributed by atoms with Crippen molar-refractivity contribution in [1.82, 2.24) is 4.90 Å². The molecule has 0 radical (unpaired) electrons. The monoisotopic (exact) mass is 224 g/mol. The number of hydrogen-bond donors (Lipinski definition) is 1. The first kappa shape index (κ1) is 11.9. The molecule has 2 aliphatic rings. The summed E-state index contributed by atoms with van der Waals surface area (Å²) in [5.41, 5.74) is 5.82. The molecular formula is C13H24N2O. The standard InChI is InChI=1S/C13H24N2O/c1-4-13(2,3)12(16)15-10-5-6-11(15)8-9(14)7-10/h9-11H,4-8,14H2,1-3H3. The summed E-state index contributed by atoms with van der Waals surface area (Å²) in [6, 6.07) is 1.16. The topological polar surface area (TPSA) is 46.3 Å². The van der Waals surface area contributed by atoms with Gasteiger partial charge in [0.1, 0.15) is 0 Å². The van der Waals surface area contributed by atoms with Gasteiger partial charge in [0.15, 0.2) is 0 Å². The number of rotatable bonds is 2. The lowest BCUT2D eigenvalue weighted by molar-refractivity contribution is -0.145. The van der Waals surface area contributed by atoms with Gasteiger partial charge in [-0.25, -0.2) is 0 Å². The van der Waals surface area contributed by atoms with Crippen LogP contribution in [-0.2, 0) is 4.79 Å². The van der Waals surface area contributed by atoms with Crippen LogP contribution in [0.15, 0.2) is 0 Å². The molecule has 2 fully saturated rings. The van der Waals surface area contributed by atoms with Gasteiger partial charge in [-0.1, -0.05) is 20.8 Å². The van der Waals surface area contributed by atoms with Gasteiger partial charge in [0.2, 0.25) is 5.91 Å².